The number of nitrogen functional groups attached to an aromatic ring is 1. The molecule has 4 heterocycles. The first-order chi connectivity index (χ1) is 18.3. The topological polar surface area (TPSA) is 168 Å². The number of hydrogen-bond donors (Lipinski definition) is 3. The van der Waals surface area contributed by atoms with E-state index in [2.05, 4.69) is 25.4 Å². The molecule has 6 rings (SSSR count). The quantitative estimate of drug-likeness (QED) is 0.356. The fourth-order valence-corrected chi connectivity index (χ4v) is 5.85. The molecular formula is C26H24ClN9O2. The number of aromatic nitrogens is 6. The number of carbonyl (C=O) groups is 1. The molecular weight excluding hydrogens is 506 g/mol. The minimum atomic E-state index is -1.34. The SMILES string of the molecule is C[C@@]1(c2cc(O)c(C#N)c(Cl)c2)C(=O)Nc2nc(-c3cn4ncnc4c(CC4CCCCC4)n3)nc(N)c21. The van der Waals surface area contributed by atoms with Crippen LogP contribution in [-0.4, -0.2) is 40.6 Å². The van der Waals surface area contributed by atoms with Crippen LogP contribution in [0.4, 0.5) is 11.6 Å². The first-order valence-electron chi connectivity index (χ1n) is 12.4. The smallest absolute Gasteiger partial charge is 0.240 e. The maximum atomic E-state index is 13.3. The Hall–Kier alpha value is -4.30. The highest BCUT2D eigenvalue weighted by molar-refractivity contribution is 6.32. The summed E-state index contributed by atoms with van der Waals surface area (Å²) in [5, 5.41) is 26.7. The number of phenolic OH excluding ortho intramolecular Hbond substituents is 1. The molecule has 1 fully saturated rings. The van der Waals surface area contributed by atoms with Gasteiger partial charge in [-0.1, -0.05) is 43.7 Å². The van der Waals surface area contributed by atoms with Crippen molar-refractivity contribution in [1.29, 1.82) is 5.26 Å². The molecule has 38 heavy (non-hydrogen) atoms. The molecule has 3 aromatic heterocycles. The number of phenols is 1. The molecule has 4 N–H and O–H groups in total. The molecule has 1 saturated carbocycles. The summed E-state index contributed by atoms with van der Waals surface area (Å²) in [4.78, 5) is 31.7. The van der Waals surface area contributed by atoms with Crippen LogP contribution in [0.15, 0.2) is 24.7 Å². The fourth-order valence-electron chi connectivity index (χ4n) is 5.59. The molecule has 11 nitrogen and oxygen atoms in total. The zero-order valence-corrected chi connectivity index (χ0v) is 21.3. The van der Waals surface area contributed by atoms with Gasteiger partial charge in [-0.3, -0.25) is 4.79 Å². The van der Waals surface area contributed by atoms with Crippen molar-refractivity contribution < 1.29 is 9.90 Å². The molecule has 1 aromatic carbocycles. The third-order valence-electron chi connectivity index (χ3n) is 7.65. The van der Waals surface area contributed by atoms with Crippen molar-refractivity contribution in [2.24, 2.45) is 5.92 Å². The van der Waals surface area contributed by atoms with Crippen LogP contribution >= 0.6 is 11.6 Å². The number of aromatic hydroxyl groups is 1. The number of benzene rings is 1. The second-order valence-corrected chi connectivity index (χ2v) is 10.4. The van der Waals surface area contributed by atoms with Crippen LogP contribution in [0.1, 0.15) is 61.4 Å². The number of amides is 1. The molecule has 0 unspecified atom stereocenters. The fraction of sp³-hybridized carbons (Fsp3) is 0.346. The zero-order chi connectivity index (χ0) is 26.6. The molecule has 1 aliphatic heterocycles. The van der Waals surface area contributed by atoms with E-state index in [9.17, 15) is 15.2 Å². The van der Waals surface area contributed by atoms with Crippen molar-refractivity contribution in [2.45, 2.75) is 50.9 Å². The van der Waals surface area contributed by atoms with Crippen LogP contribution in [0.5, 0.6) is 5.75 Å². The number of hydrogen-bond acceptors (Lipinski definition) is 9. The highest BCUT2D eigenvalue weighted by atomic mass is 35.5. The predicted octanol–water partition coefficient (Wildman–Crippen LogP) is 3.78. The van der Waals surface area contributed by atoms with Crippen molar-refractivity contribution in [1.82, 2.24) is 29.5 Å². The third-order valence-corrected chi connectivity index (χ3v) is 7.95. The summed E-state index contributed by atoms with van der Waals surface area (Å²) in [5.41, 5.74) is 7.73. The average Bonchev–Trinajstić information content (AvgIpc) is 3.47. The van der Waals surface area contributed by atoms with Gasteiger partial charge in [-0.05, 0) is 37.0 Å². The Labute approximate surface area is 222 Å². The van der Waals surface area contributed by atoms with Crippen molar-refractivity contribution >= 4 is 34.8 Å². The Bertz CT molecular complexity index is 1630. The summed E-state index contributed by atoms with van der Waals surface area (Å²) in [5.74, 6) is 0.366. The van der Waals surface area contributed by atoms with Crippen molar-refractivity contribution in [3.63, 3.8) is 0 Å². The highest BCUT2D eigenvalue weighted by Crippen LogP contribution is 2.46. The van der Waals surface area contributed by atoms with Gasteiger partial charge in [-0.15, -0.1) is 0 Å². The molecule has 1 atom stereocenters. The number of carbonyl (C=O) groups excluding carboxylic acids is 1. The third kappa shape index (κ3) is 3.71. The van der Waals surface area contributed by atoms with Gasteiger partial charge < -0.3 is 16.2 Å². The summed E-state index contributed by atoms with van der Waals surface area (Å²) >= 11 is 6.22. The molecule has 1 amide bonds. The number of fused-ring (bicyclic) bond motifs is 2. The minimum absolute atomic E-state index is 0.0249. The Morgan fingerprint density at radius 3 is 2.79 bits per heavy atom. The summed E-state index contributed by atoms with van der Waals surface area (Å²) < 4.78 is 1.66. The van der Waals surface area contributed by atoms with E-state index in [-0.39, 0.29) is 33.8 Å². The maximum absolute atomic E-state index is 13.3. The van der Waals surface area contributed by atoms with E-state index < -0.39 is 11.3 Å². The van der Waals surface area contributed by atoms with Gasteiger partial charge in [0.15, 0.2) is 11.5 Å². The van der Waals surface area contributed by atoms with E-state index in [1.165, 1.54) is 37.7 Å². The normalized spacial score (nSPS) is 19.3. The Morgan fingerprint density at radius 2 is 2.05 bits per heavy atom. The molecule has 0 bridgehead atoms. The van der Waals surface area contributed by atoms with E-state index in [0.29, 0.717) is 28.4 Å². The molecule has 12 heteroatoms. The van der Waals surface area contributed by atoms with Crippen molar-refractivity contribution in [2.75, 3.05) is 11.1 Å². The first-order valence-corrected chi connectivity index (χ1v) is 12.8. The first kappa shape index (κ1) is 24.1. The van der Waals surface area contributed by atoms with Crippen LogP contribution in [0.3, 0.4) is 0 Å². The van der Waals surface area contributed by atoms with Gasteiger partial charge in [0, 0.05) is 0 Å². The van der Waals surface area contributed by atoms with Crippen LogP contribution < -0.4 is 11.1 Å². The van der Waals surface area contributed by atoms with E-state index in [1.54, 1.807) is 17.6 Å². The van der Waals surface area contributed by atoms with Gasteiger partial charge in [-0.2, -0.15) is 10.4 Å². The zero-order valence-electron chi connectivity index (χ0n) is 20.6. The molecule has 4 aromatic rings. The van der Waals surface area contributed by atoms with Gasteiger partial charge in [-0.25, -0.2) is 24.5 Å². The van der Waals surface area contributed by atoms with E-state index in [4.69, 9.17) is 22.3 Å². The Morgan fingerprint density at radius 1 is 1.26 bits per heavy atom. The summed E-state index contributed by atoms with van der Waals surface area (Å²) in [6, 6.07) is 4.66. The number of nitrogens with zero attached hydrogens (tertiary/aromatic N) is 7. The van der Waals surface area contributed by atoms with Gasteiger partial charge >= 0.3 is 0 Å². The lowest BCUT2D eigenvalue weighted by Crippen LogP contribution is -2.33. The highest BCUT2D eigenvalue weighted by Gasteiger charge is 2.48. The van der Waals surface area contributed by atoms with Crippen molar-refractivity contribution in [3.05, 3.63) is 52.1 Å². The maximum Gasteiger partial charge on any atom is 0.240 e. The van der Waals surface area contributed by atoms with Gasteiger partial charge in [0.05, 0.1) is 22.5 Å². The number of anilines is 2. The lowest BCUT2D eigenvalue weighted by Gasteiger charge is -2.24. The number of halogens is 1. The van der Waals surface area contributed by atoms with Crippen LogP contribution in [-0.2, 0) is 16.6 Å². The lowest BCUT2D eigenvalue weighted by atomic mass is 9.77. The van der Waals surface area contributed by atoms with Crippen molar-refractivity contribution in [3.8, 4) is 23.3 Å². The molecule has 0 saturated heterocycles. The monoisotopic (exact) mass is 529 g/mol. The molecule has 1 aliphatic carbocycles. The number of nitriles is 1. The molecule has 2 aliphatic rings. The number of nitrogens with one attached hydrogen (secondary N) is 1. The number of rotatable bonds is 4. The average molecular weight is 530 g/mol. The summed E-state index contributed by atoms with van der Waals surface area (Å²) in [6.45, 7) is 1.65. The second-order valence-electron chi connectivity index (χ2n) is 10.0. The predicted molar refractivity (Wildman–Crippen MR) is 139 cm³/mol. The Kier molecular flexibility index (Phi) is 5.65. The van der Waals surface area contributed by atoms with Crippen LogP contribution in [0.25, 0.3) is 17.2 Å². The molecule has 0 radical (unpaired) electrons. The minimum Gasteiger partial charge on any atom is -0.507 e. The van der Waals surface area contributed by atoms with E-state index >= 15 is 0 Å². The summed E-state index contributed by atoms with van der Waals surface area (Å²) in [6.07, 6.45) is 10.0. The standard InChI is InChI=1S/C26H24ClN9O2/c1-26(14-8-16(27)15(10-28)19(37)9-14)20-21(29)33-22(34-23(20)35-25(26)38)18-11-36-24(30-12-31-36)17(32-18)7-13-5-3-2-4-6-13/h8-9,11-13,37H,2-7H2,1H3,(H3,29,33,34,35,38)/t26-/m0/s1. The van der Waals surface area contributed by atoms with Crippen LogP contribution in [0, 0.1) is 17.2 Å². The van der Waals surface area contributed by atoms with Gasteiger partial charge in [0.2, 0.25) is 5.91 Å². The number of nitrogens with two attached hydrogens (primary N) is 1. The van der Waals surface area contributed by atoms with Gasteiger partial charge in [0.25, 0.3) is 0 Å². The van der Waals surface area contributed by atoms with Gasteiger partial charge in [0.1, 0.15) is 46.5 Å². The second kappa shape index (κ2) is 8.92. The van der Waals surface area contributed by atoms with E-state index in [0.717, 1.165) is 25.0 Å². The Balaban J connectivity index is 1.44. The van der Waals surface area contributed by atoms with Crippen LogP contribution in [0.2, 0.25) is 5.02 Å². The summed E-state index contributed by atoms with van der Waals surface area (Å²) in [7, 11) is 0. The van der Waals surface area contributed by atoms with E-state index in [1.807, 2.05) is 6.07 Å². The molecule has 0 spiro atoms. The molecule has 192 valence electrons. The largest absolute Gasteiger partial charge is 0.507 e. The lowest BCUT2D eigenvalue weighted by molar-refractivity contribution is -0.119.